The molecule has 1 aromatic heterocycles. The lowest BCUT2D eigenvalue weighted by Crippen LogP contribution is -2.05. The number of carbonyl (C=O) groups excluding carboxylic acids is 1. The summed E-state index contributed by atoms with van der Waals surface area (Å²) >= 11 is 1.43. The molecule has 0 aliphatic rings. The Bertz CT molecular complexity index is 350. The molecule has 0 spiro atoms. The molecule has 0 unspecified atom stereocenters. The highest BCUT2D eigenvalue weighted by Crippen LogP contribution is 2.21. The second kappa shape index (κ2) is 6.60. The normalized spacial score (nSPS) is 10.4. The van der Waals surface area contributed by atoms with Crippen molar-refractivity contribution in [2.24, 2.45) is 5.73 Å². The van der Waals surface area contributed by atoms with Crippen LogP contribution in [0.1, 0.15) is 40.6 Å². The Morgan fingerprint density at radius 2 is 2.25 bits per heavy atom. The van der Waals surface area contributed by atoms with Crippen molar-refractivity contribution < 1.29 is 9.53 Å². The number of nitrogens with zero attached hydrogens (tertiary/aromatic N) is 1. The highest BCUT2D eigenvalue weighted by molar-refractivity contribution is 7.13. The molecule has 4 nitrogen and oxygen atoms in total. The van der Waals surface area contributed by atoms with Gasteiger partial charge in [0.15, 0.2) is 0 Å². The van der Waals surface area contributed by atoms with E-state index in [4.69, 9.17) is 10.5 Å². The monoisotopic (exact) mass is 242 g/mol. The van der Waals surface area contributed by atoms with Crippen LogP contribution in [0.2, 0.25) is 0 Å². The molecular weight excluding hydrogens is 224 g/mol. The maximum atomic E-state index is 11.6. The fourth-order valence-electron chi connectivity index (χ4n) is 1.36. The van der Waals surface area contributed by atoms with Crippen molar-refractivity contribution >= 4 is 17.3 Å². The second-order valence-electron chi connectivity index (χ2n) is 3.35. The zero-order chi connectivity index (χ0) is 12.0. The molecular formula is C11H18N2O2S. The van der Waals surface area contributed by atoms with E-state index in [1.165, 1.54) is 11.3 Å². The van der Waals surface area contributed by atoms with Gasteiger partial charge in [-0.2, -0.15) is 0 Å². The van der Waals surface area contributed by atoms with Gasteiger partial charge in [-0.15, -0.1) is 11.3 Å². The van der Waals surface area contributed by atoms with Crippen LogP contribution in [-0.4, -0.2) is 24.1 Å². The molecule has 5 heteroatoms. The topological polar surface area (TPSA) is 65.2 Å². The minimum atomic E-state index is -0.254. The average molecular weight is 242 g/mol. The lowest BCUT2D eigenvalue weighted by Gasteiger charge is -1.99. The fraction of sp³-hybridized carbons (Fsp3) is 0.636. The van der Waals surface area contributed by atoms with E-state index in [0.29, 0.717) is 18.0 Å². The molecule has 1 heterocycles. The summed E-state index contributed by atoms with van der Waals surface area (Å²) in [6.45, 7) is 4.85. The number of thiazole rings is 1. The van der Waals surface area contributed by atoms with E-state index in [-0.39, 0.29) is 5.97 Å². The number of esters is 1. The summed E-state index contributed by atoms with van der Waals surface area (Å²) in [4.78, 5) is 16.7. The van der Waals surface area contributed by atoms with Crippen LogP contribution < -0.4 is 5.73 Å². The van der Waals surface area contributed by atoms with E-state index < -0.39 is 0 Å². The third-order valence-corrected chi connectivity index (χ3v) is 3.27. The summed E-state index contributed by atoms with van der Waals surface area (Å²) in [5, 5.41) is 0.977. The second-order valence-corrected chi connectivity index (χ2v) is 4.43. The van der Waals surface area contributed by atoms with Crippen LogP contribution in [0, 0.1) is 0 Å². The Labute approximate surface area is 99.8 Å². The summed E-state index contributed by atoms with van der Waals surface area (Å²) in [6.07, 6.45) is 2.50. The molecule has 0 bridgehead atoms. The van der Waals surface area contributed by atoms with E-state index in [1.807, 2.05) is 6.92 Å². The first-order valence-corrected chi connectivity index (χ1v) is 6.40. The minimum Gasteiger partial charge on any atom is -0.462 e. The molecule has 1 rings (SSSR count). The number of hydrogen-bond acceptors (Lipinski definition) is 5. The van der Waals surface area contributed by atoms with E-state index in [1.54, 1.807) is 6.92 Å². The Morgan fingerprint density at radius 1 is 1.50 bits per heavy atom. The smallest absolute Gasteiger partial charge is 0.350 e. The number of aryl methyl sites for hydroxylation is 2. The van der Waals surface area contributed by atoms with Crippen molar-refractivity contribution in [1.29, 1.82) is 0 Å². The SMILES string of the molecule is CCOC(=O)c1sc(CCCN)nc1CC. The highest BCUT2D eigenvalue weighted by Gasteiger charge is 2.17. The van der Waals surface area contributed by atoms with Gasteiger partial charge < -0.3 is 10.5 Å². The van der Waals surface area contributed by atoms with Crippen LogP contribution in [0.4, 0.5) is 0 Å². The van der Waals surface area contributed by atoms with Gasteiger partial charge in [-0.25, -0.2) is 9.78 Å². The zero-order valence-corrected chi connectivity index (χ0v) is 10.6. The van der Waals surface area contributed by atoms with Crippen molar-refractivity contribution in [1.82, 2.24) is 4.98 Å². The van der Waals surface area contributed by atoms with E-state index >= 15 is 0 Å². The van der Waals surface area contributed by atoms with Crippen LogP contribution in [-0.2, 0) is 17.6 Å². The van der Waals surface area contributed by atoms with Crippen molar-refractivity contribution in [2.45, 2.75) is 33.1 Å². The lowest BCUT2D eigenvalue weighted by molar-refractivity contribution is 0.0530. The predicted molar refractivity (Wildman–Crippen MR) is 64.8 cm³/mol. The highest BCUT2D eigenvalue weighted by atomic mass is 32.1. The third-order valence-electron chi connectivity index (χ3n) is 2.13. The van der Waals surface area contributed by atoms with Crippen LogP contribution in [0.25, 0.3) is 0 Å². The van der Waals surface area contributed by atoms with Gasteiger partial charge in [0.05, 0.1) is 17.3 Å². The van der Waals surface area contributed by atoms with Crippen LogP contribution >= 0.6 is 11.3 Å². The number of carbonyl (C=O) groups is 1. The molecule has 2 N–H and O–H groups in total. The quantitative estimate of drug-likeness (QED) is 0.772. The van der Waals surface area contributed by atoms with Gasteiger partial charge in [-0.3, -0.25) is 0 Å². The fourth-order valence-corrected chi connectivity index (χ4v) is 2.44. The summed E-state index contributed by atoms with van der Waals surface area (Å²) < 4.78 is 5.00. The number of hydrogen-bond donors (Lipinski definition) is 1. The molecule has 0 aromatic carbocycles. The molecule has 0 radical (unpaired) electrons. The summed E-state index contributed by atoms with van der Waals surface area (Å²) in [6, 6.07) is 0. The van der Waals surface area contributed by atoms with Gasteiger partial charge >= 0.3 is 5.97 Å². The van der Waals surface area contributed by atoms with Crippen LogP contribution in [0.3, 0.4) is 0 Å². The van der Waals surface area contributed by atoms with Crippen molar-refractivity contribution in [3.8, 4) is 0 Å². The van der Waals surface area contributed by atoms with Crippen LogP contribution in [0.15, 0.2) is 0 Å². The molecule has 1 aromatic rings. The van der Waals surface area contributed by atoms with E-state index in [2.05, 4.69) is 4.98 Å². The van der Waals surface area contributed by atoms with Gasteiger partial charge in [0.25, 0.3) is 0 Å². The molecule has 0 saturated carbocycles. The molecule has 0 saturated heterocycles. The molecule has 0 atom stereocenters. The first-order valence-electron chi connectivity index (χ1n) is 5.58. The molecule has 90 valence electrons. The summed E-state index contributed by atoms with van der Waals surface area (Å²) in [7, 11) is 0. The lowest BCUT2D eigenvalue weighted by atomic mass is 10.3. The third kappa shape index (κ3) is 3.28. The average Bonchev–Trinajstić information content (AvgIpc) is 2.70. The molecule has 0 amide bonds. The van der Waals surface area contributed by atoms with Gasteiger partial charge in [0.2, 0.25) is 0 Å². The van der Waals surface area contributed by atoms with Crippen molar-refractivity contribution in [3.05, 3.63) is 15.6 Å². The molecule has 16 heavy (non-hydrogen) atoms. The largest absolute Gasteiger partial charge is 0.462 e. The maximum absolute atomic E-state index is 11.6. The predicted octanol–water partition coefficient (Wildman–Crippen LogP) is 1.77. The Balaban J connectivity index is 2.81. The number of aromatic nitrogens is 1. The number of ether oxygens (including phenoxy) is 1. The first kappa shape index (κ1) is 13.1. The van der Waals surface area contributed by atoms with Crippen LogP contribution in [0.5, 0.6) is 0 Å². The van der Waals surface area contributed by atoms with Crippen molar-refractivity contribution in [2.75, 3.05) is 13.2 Å². The molecule has 0 aliphatic carbocycles. The van der Waals surface area contributed by atoms with Gasteiger partial charge in [0, 0.05) is 6.42 Å². The van der Waals surface area contributed by atoms with E-state index in [9.17, 15) is 4.79 Å². The Morgan fingerprint density at radius 3 is 2.81 bits per heavy atom. The minimum absolute atomic E-state index is 0.254. The standard InChI is InChI=1S/C11H18N2O2S/c1-3-8-10(11(14)15-4-2)16-9(13-8)6-5-7-12/h3-7,12H2,1-2H3. The maximum Gasteiger partial charge on any atom is 0.350 e. The van der Waals surface area contributed by atoms with Gasteiger partial charge in [-0.05, 0) is 26.3 Å². The van der Waals surface area contributed by atoms with Gasteiger partial charge in [0.1, 0.15) is 4.88 Å². The summed E-state index contributed by atoms with van der Waals surface area (Å²) in [5.74, 6) is -0.254. The first-order chi connectivity index (χ1) is 7.72. The number of rotatable bonds is 6. The Kier molecular flexibility index (Phi) is 5.42. The van der Waals surface area contributed by atoms with E-state index in [0.717, 1.165) is 30.0 Å². The summed E-state index contributed by atoms with van der Waals surface area (Å²) in [5.41, 5.74) is 6.29. The van der Waals surface area contributed by atoms with Crippen molar-refractivity contribution in [3.63, 3.8) is 0 Å². The molecule has 0 fully saturated rings. The van der Waals surface area contributed by atoms with Gasteiger partial charge in [-0.1, -0.05) is 6.92 Å². The zero-order valence-electron chi connectivity index (χ0n) is 9.78. The number of nitrogens with two attached hydrogens (primary N) is 1. The molecule has 0 aliphatic heterocycles. The Hall–Kier alpha value is -0.940.